The van der Waals surface area contributed by atoms with Gasteiger partial charge in [0.1, 0.15) is 11.6 Å². The summed E-state index contributed by atoms with van der Waals surface area (Å²) in [6.45, 7) is 4.93. The van der Waals surface area contributed by atoms with Crippen LogP contribution in [-0.2, 0) is 21.7 Å². The summed E-state index contributed by atoms with van der Waals surface area (Å²) in [5.41, 5.74) is 5.94. The molecule has 0 saturated carbocycles. The maximum absolute atomic E-state index is 14.9. The molecule has 1 heterocycles. The summed E-state index contributed by atoms with van der Waals surface area (Å²) in [6, 6.07) is 9.17. The quantitative estimate of drug-likeness (QED) is 0.540. The second kappa shape index (κ2) is 10.6. The van der Waals surface area contributed by atoms with Gasteiger partial charge in [-0.05, 0) is 56.2 Å². The van der Waals surface area contributed by atoms with Crippen molar-refractivity contribution in [2.75, 3.05) is 7.11 Å². The van der Waals surface area contributed by atoms with Crippen molar-refractivity contribution in [2.24, 2.45) is 10.7 Å². The Balaban J connectivity index is 1.93. The summed E-state index contributed by atoms with van der Waals surface area (Å²) >= 11 is 1.23. The van der Waals surface area contributed by atoms with Crippen LogP contribution >= 0.6 is 11.8 Å². The molecule has 2 aromatic rings. The summed E-state index contributed by atoms with van der Waals surface area (Å²) in [4.78, 5) is 28.0. The minimum absolute atomic E-state index is 0.0862. The van der Waals surface area contributed by atoms with Gasteiger partial charge in [-0.15, -0.1) is 11.8 Å². The SMILES string of the molecule is COC(=O)NCc1ccc(N=C2C(C(N)=O)=CC(c3c(F)cc(C(C)(C)O)cc3F)SC2C)cc1. The van der Waals surface area contributed by atoms with E-state index < -0.39 is 39.7 Å². The molecule has 0 aromatic heterocycles. The number of aliphatic imine (C=N–C) groups is 1. The number of nitrogens with two attached hydrogens (primary N) is 1. The molecule has 1 aliphatic heterocycles. The van der Waals surface area contributed by atoms with E-state index in [0.717, 1.165) is 17.7 Å². The summed E-state index contributed by atoms with van der Waals surface area (Å²) in [6.07, 6.45) is 0.877. The molecule has 2 amide bonds. The first kappa shape index (κ1) is 26.4. The highest BCUT2D eigenvalue weighted by Gasteiger charge is 2.33. The van der Waals surface area contributed by atoms with Crippen LogP contribution in [0.5, 0.6) is 0 Å². The monoisotopic (exact) mass is 503 g/mol. The first-order valence-electron chi connectivity index (χ1n) is 10.8. The van der Waals surface area contributed by atoms with E-state index >= 15 is 0 Å². The van der Waals surface area contributed by atoms with E-state index in [4.69, 9.17) is 5.73 Å². The number of nitrogens with zero attached hydrogens (tertiary/aromatic N) is 1. The smallest absolute Gasteiger partial charge is 0.407 e. The molecule has 1 aliphatic rings. The van der Waals surface area contributed by atoms with Crippen LogP contribution in [0.4, 0.5) is 19.3 Å². The van der Waals surface area contributed by atoms with Crippen molar-refractivity contribution >= 4 is 35.2 Å². The molecule has 0 spiro atoms. The molecule has 0 aliphatic carbocycles. The van der Waals surface area contributed by atoms with Gasteiger partial charge in [-0.1, -0.05) is 18.2 Å². The van der Waals surface area contributed by atoms with Crippen LogP contribution in [0.25, 0.3) is 0 Å². The summed E-state index contributed by atoms with van der Waals surface area (Å²) in [5.74, 6) is -2.39. The van der Waals surface area contributed by atoms with Crippen LogP contribution < -0.4 is 11.1 Å². The van der Waals surface area contributed by atoms with Gasteiger partial charge in [0.2, 0.25) is 5.91 Å². The predicted molar refractivity (Wildman–Crippen MR) is 131 cm³/mol. The first-order valence-corrected chi connectivity index (χ1v) is 11.7. The van der Waals surface area contributed by atoms with E-state index in [1.54, 1.807) is 31.2 Å². The fourth-order valence-electron chi connectivity index (χ4n) is 3.57. The van der Waals surface area contributed by atoms with Gasteiger partial charge >= 0.3 is 6.09 Å². The van der Waals surface area contributed by atoms with Crippen molar-refractivity contribution in [2.45, 2.75) is 43.4 Å². The molecule has 10 heteroatoms. The highest BCUT2D eigenvalue weighted by molar-refractivity contribution is 8.01. The van der Waals surface area contributed by atoms with Crippen LogP contribution in [0.1, 0.15) is 42.7 Å². The average molecular weight is 504 g/mol. The third kappa shape index (κ3) is 6.26. The molecule has 0 radical (unpaired) electrons. The van der Waals surface area contributed by atoms with Gasteiger partial charge in [-0.2, -0.15) is 0 Å². The van der Waals surface area contributed by atoms with Crippen LogP contribution in [0.3, 0.4) is 0 Å². The Kier molecular flexibility index (Phi) is 7.97. The lowest BCUT2D eigenvalue weighted by atomic mass is 9.94. The zero-order valence-corrected chi connectivity index (χ0v) is 20.6. The number of aliphatic hydroxyl groups is 1. The lowest BCUT2D eigenvalue weighted by molar-refractivity contribution is -0.114. The number of hydrogen-bond acceptors (Lipinski definition) is 6. The van der Waals surface area contributed by atoms with E-state index in [1.807, 2.05) is 0 Å². The van der Waals surface area contributed by atoms with Crippen molar-refractivity contribution in [3.05, 3.63) is 76.4 Å². The van der Waals surface area contributed by atoms with Crippen LogP contribution in [0.15, 0.2) is 53.0 Å². The molecule has 35 heavy (non-hydrogen) atoms. The van der Waals surface area contributed by atoms with Crippen molar-refractivity contribution in [1.29, 1.82) is 0 Å². The van der Waals surface area contributed by atoms with Crippen molar-refractivity contribution in [3.63, 3.8) is 0 Å². The largest absolute Gasteiger partial charge is 0.453 e. The Labute approximate surface area is 206 Å². The number of methoxy groups -OCH3 is 1. The van der Waals surface area contributed by atoms with Gasteiger partial charge in [-0.3, -0.25) is 9.79 Å². The zero-order valence-electron chi connectivity index (χ0n) is 19.8. The average Bonchev–Trinajstić information content (AvgIpc) is 2.78. The van der Waals surface area contributed by atoms with Crippen LogP contribution in [0, 0.1) is 11.6 Å². The summed E-state index contributed by atoms with van der Waals surface area (Å²) in [7, 11) is 1.28. The molecule has 0 fully saturated rings. The Morgan fingerprint density at radius 1 is 1.20 bits per heavy atom. The fourth-order valence-corrected chi connectivity index (χ4v) is 4.90. The minimum Gasteiger partial charge on any atom is -0.453 e. The van der Waals surface area contributed by atoms with Crippen molar-refractivity contribution in [3.8, 4) is 0 Å². The Hall–Kier alpha value is -3.24. The lowest BCUT2D eigenvalue weighted by Gasteiger charge is -2.28. The lowest BCUT2D eigenvalue weighted by Crippen LogP contribution is -2.30. The van der Waals surface area contributed by atoms with Crippen LogP contribution in [-0.4, -0.2) is 35.2 Å². The van der Waals surface area contributed by atoms with E-state index in [9.17, 15) is 23.5 Å². The molecule has 7 nitrogen and oxygen atoms in total. The standard InChI is InChI=1S/C25H27F2N3O4S/c1-13-22(30-16-7-5-14(6-8-16)12-29-24(32)34-4)17(23(28)31)11-20(35-13)21-18(26)9-15(10-19(21)27)25(2,3)33/h5-11,13,20,33H,12H2,1-4H3,(H2,28,31)(H,29,32). The minimum atomic E-state index is -1.41. The van der Waals surface area contributed by atoms with Gasteiger partial charge in [0.25, 0.3) is 0 Å². The maximum atomic E-state index is 14.9. The molecule has 0 saturated heterocycles. The Morgan fingerprint density at radius 3 is 2.31 bits per heavy atom. The molecule has 2 atom stereocenters. The third-order valence-corrected chi connectivity index (χ3v) is 6.77. The van der Waals surface area contributed by atoms with Gasteiger partial charge < -0.3 is 20.9 Å². The Bertz CT molecular complexity index is 1170. The maximum Gasteiger partial charge on any atom is 0.407 e. The fraction of sp³-hybridized carbons (Fsp3) is 0.320. The molecule has 2 unspecified atom stereocenters. The normalized spacial score (nSPS) is 19.3. The number of alkyl carbamates (subject to hydrolysis) is 1. The van der Waals surface area contributed by atoms with Crippen molar-refractivity contribution < 1.29 is 28.2 Å². The summed E-state index contributed by atoms with van der Waals surface area (Å²) < 4.78 is 34.4. The molecular weight excluding hydrogens is 476 g/mol. The molecule has 2 aromatic carbocycles. The number of carbonyl (C=O) groups is 2. The van der Waals surface area contributed by atoms with Gasteiger partial charge in [0.15, 0.2) is 0 Å². The topological polar surface area (TPSA) is 114 Å². The van der Waals surface area contributed by atoms with Gasteiger partial charge in [0.05, 0.1) is 34.9 Å². The first-order chi connectivity index (χ1) is 16.4. The number of rotatable bonds is 6. The molecular formula is C25H27F2N3O4S. The van der Waals surface area contributed by atoms with E-state index in [0.29, 0.717) is 11.4 Å². The third-order valence-electron chi connectivity index (χ3n) is 5.47. The molecule has 0 bridgehead atoms. The predicted octanol–water partition coefficient (Wildman–Crippen LogP) is 4.41. The number of ether oxygens (including phenoxy) is 1. The number of amides is 2. The number of primary amides is 1. The number of halogens is 2. The van der Waals surface area contributed by atoms with E-state index in [2.05, 4.69) is 15.0 Å². The van der Waals surface area contributed by atoms with Crippen LogP contribution in [0.2, 0.25) is 0 Å². The Morgan fingerprint density at radius 2 is 1.80 bits per heavy atom. The number of hydrogen-bond donors (Lipinski definition) is 3. The number of thioether (sulfide) groups is 1. The molecule has 3 rings (SSSR count). The second-order valence-corrected chi connectivity index (χ2v) is 10.1. The highest BCUT2D eigenvalue weighted by atomic mass is 32.2. The molecule has 4 N–H and O–H groups in total. The summed E-state index contributed by atoms with van der Waals surface area (Å²) in [5, 5.41) is 11.5. The van der Waals surface area contributed by atoms with Gasteiger partial charge in [-0.25, -0.2) is 13.6 Å². The van der Waals surface area contributed by atoms with Gasteiger partial charge in [0, 0.05) is 17.4 Å². The second-order valence-electron chi connectivity index (χ2n) is 8.56. The zero-order chi connectivity index (χ0) is 25.9. The number of nitrogens with one attached hydrogen (secondary N) is 1. The highest BCUT2D eigenvalue weighted by Crippen LogP contribution is 2.43. The van der Waals surface area contributed by atoms with E-state index in [1.165, 1.54) is 38.8 Å². The number of benzene rings is 2. The molecule has 186 valence electrons. The number of carbonyl (C=O) groups excluding carboxylic acids is 2. The van der Waals surface area contributed by atoms with E-state index in [-0.39, 0.29) is 23.2 Å². The van der Waals surface area contributed by atoms with Crippen molar-refractivity contribution in [1.82, 2.24) is 5.32 Å².